The van der Waals surface area contributed by atoms with E-state index in [2.05, 4.69) is 19.9 Å². The summed E-state index contributed by atoms with van der Waals surface area (Å²) in [6.45, 7) is 0. The van der Waals surface area contributed by atoms with Gasteiger partial charge in [0.25, 0.3) is 0 Å². The summed E-state index contributed by atoms with van der Waals surface area (Å²) >= 11 is 0. The maximum atomic E-state index is 12.0. The molecule has 2 aromatic rings. The maximum absolute atomic E-state index is 12.0. The fourth-order valence-corrected chi connectivity index (χ4v) is 4.31. The van der Waals surface area contributed by atoms with E-state index in [1.807, 2.05) is 0 Å². The van der Waals surface area contributed by atoms with Crippen molar-refractivity contribution < 1.29 is 13.6 Å². The second-order valence-electron chi connectivity index (χ2n) is 6.95. The highest BCUT2D eigenvalue weighted by Gasteiger charge is 2.18. The number of aryl methyl sites for hydroxylation is 1. The first kappa shape index (κ1) is 20.0. The minimum atomic E-state index is -3.07. The third-order valence-electron chi connectivity index (χ3n) is 5.11. The summed E-state index contributed by atoms with van der Waals surface area (Å²) in [6.07, 6.45) is 12.1. The van der Waals surface area contributed by atoms with Crippen molar-refractivity contribution in [3.05, 3.63) is 17.7 Å². The highest BCUT2D eigenvalue weighted by Crippen LogP contribution is 2.46. The van der Waals surface area contributed by atoms with Crippen molar-refractivity contribution in [2.24, 2.45) is 5.92 Å². The summed E-state index contributed by atoms with van der Waals surface area (Å²) in [4.78, 5) is 16.5. The Hall–Kier alpha value is -1.76. The van der Waals surface area contributed by atoms with Gasteiger partial charge in [-0.1, -0.05) is 38.2 Å². The first-order valence-electron chi connectivity index (χ1n) is 9.42. The van der Waals surface area contributed by atoms with Gasteiger partial charge in [-0.15, -0.1) is 0 Å². The van der Waals surface area contributed by atoms with Crippen LogP contribution in [0.3, 0.4) is 0 Å². The standard InChI is InChI=1S/C18H28N5O3P/c1-25-27(24,26-2)12-6-9-14-20-16-17(19)21-15(23-18(16)22-14)11-10-13-7-4-3-5-8-13/h6,9,13H,3-5,7-8,10-12H2,1-2H3,(H3,19,20,21,22,23). The Labute approximate surface area is 159 Å². The number of hydrogen-bond donors (Lipinski definition) is 2. The number of hydrogen-bond acceptors (Lipinski definition) is 7. The first-order valence-corrected chi connectivity index (χ1v) is 11.1. The molecule has 3 N–H and O–H groups in total. The van der Waals surface area contributed by atoms with E-state index in [0.717, 1.165) is 24.6 Å². The predicted molar refractivity (Wildman–Crippen MR) is 107 cm³/mol. The summed E-state index contributed by atoms with van der Waals surface area (Å²) in [7, 11) is -0.343. The van der Waals surface area contributed by atoms with Crippen molar-refractivity contribution in [3.63, 3.8) is 0 Å². The molecule has 8 nitrogen and oxygen atoms in total. The van der Waals surface area contributed by atoms with Gasteiger partial charge in [-0.3, -0.25) is 4.57 Å². The Morgan fingerprint density at radius 1 is 1.19 bits per heavy atom. The molecule has 0 atom stereocenters. The van der Waals surface area contributed by atoms with E-state index in [1.54, 1.807) is 12.2 Å². The lowest BCUT2D eigenvalue weighted by molar-refractivity contribution is 0.279. The molecule has 1 aliphatic rings. The maximum Gasteiger partial charge on any atom is 0.333 e. The Morgan fingerprint density at radius 3 is 2.63 bits per heavy atom. The molecule has 0 aromatic carbocycles. The van der Waals surface area contributed by atoms with E-state index < -0.39 is 7.60 Å². The van der Waals surface area contributed by atoms with E-state index in [9.17, 15) is 4.57 Å². The summed E-state index contributed by atoms with van der Waals surface area (Å²) in [5.74, 6) is 2.50. The van der Waals surface area contributed by atoms with Gasteiger partial charge in [0, 0.05) is 20.6 Å². The molecule has 148 valence electrons. The number of fused-ring (bicyclic) bond motifs is 1. The molecule has 9 heteroatoms. The van der Waals surface area contributed by atoms with Gasteiger partial charge in [0.05, 0.1) is 6.16 Å². The molecular formula is C18H28N5O3P. The minimum Gasteiger partial charge on any atom is -0.382 e. The number of nitrogens with zero attached hydrogens (tertiary/aromatic N) is 3. The molecule has 0 spiro atoms. The molecule has 1 aliphatic carbocycles. The molecule has 0 radical (unpaired) electrons. The van der Waals surface area contributed by atoms with Crippen LogP contribution in [0.2, 0.25) is 0 Å². The Balaban J connectivity index is 1.69. The lowest BCUT2D eigenvalue weighted by Crippen LogP contribution is -2.09. The van der Waals surface area contributed by atoms with Crippen LogP contribution in [-0.4, -0.2) is 40.3 Å². The van der Waals surface area contributed by atoms with Crippen LogP contribution < -0.4 is 5.73 Å². The second-order valence-corrected chi connectivity index (χ2v) is 9.27. The smallest absolute Gasteiger partial charge is 0.333 e. The minimum absolute atomic E-state index is 0.158. The van der Waals surface area contributed by atoms with E-state index in [1.165, 1.54) is 46.3 Å². The van der Waals surface area contributed by atoms with Crippen molar-refractivity contribution in [3.8, 4) is 0 Å². The Bertz CT molecular complexity index is 837. The number of imidazole rings is 1. The van der Waals surface area contributed by atoms with Gasteiger partial charge in [0.15, 0.2) is 11.5 Å². The second kappa shape index (κ2) is 8.95. The van der Waals surface area contributed by atoms with Gasteiger partial charge in [-0.05, 0) is 18.4 Å². The monoisotopic (exact) mass is 393 g/mol. The van der Waals surface area contributed by atoms with Crippen molar-refractivity contribution in [1.29, 1.82) is 0 Å². The molecular weight excluding hydrogens is 365 g/mol. The fraction of sp³-hybridized carbons (Fsp3) is 0.611. The van der Waals surface area contributed by atoms with Crippen LogP contribution >= 0.6 is 7.60 Å². The van der Waals surface area contributed by atoms with Crippen molar-refractivity contribution >= 4 is 30.7 Å². The zero-order chi connectivity index (χ0) is 19.3. The molecule has 0 saturated heterocycles. The number of aromatic amines is 1. The zero-order valence-electron chi connectivity index (χ0n) is 16.0. The summed E-state index contributed by atoms with van der Waals surface area (Å²) in [6, 6.07) is 0. The Morgan fingerprint density at radius 2 is 1.93 bits per heavy atom. The van der Waals surface area contributed by atoms with Gasteiger partial charge in [0.2, 0.25) is 0 Å². The molecule has 2 aromatic heterocycles. The highest BCUT2D eigenvalue weighted by atomic mass is 31.2. The highest BCUT2D eigenvalue weighted by molar-refractivity contribution is 7.54. The molecule has 3 rings (SSSR count). The van der Waals surface area contributed by atoms with Crippen LogP contribution in [0, 0.1) is 5.92 Å². The number of anilines is 1. The first-order chi connectivity index (χ1) is 13.0. The molecule has 0 aliphatic heterocycles. The van der Waals surface area contributed by atoms with Gasteiger partial charge < -0.3 is 19.8 Å². The van der Waals surface area contributed by atoms with E-state index in [4.69, 9.17) is 14.8 Å². The molecule has 27 heavy (non-hydrogen) atoms. The lowest BCUT2D eigenvalue weighted by Gasteiger charge is -2.20. The topological polar surface area (TPSA) is 116 Å². The zero-order valence-corrected chi connectivity index (χ0v) is 16.9. The quantitative estimate of drug-likeness (QED) is 0.652. The number of H-pyrrole nitrogens is 1. The average Bonchev–Trinajstić information content (AvgIpc) is 3.10. The summed E-state index contributed by atoms with van der Waals surface area (Å²) in [5, 5.41) is 0. The number of nitrogen functional groups attached to an aromatic ring is 1. The number of nitrogens with two attached hydrogens (primary N) is 1. The average molecular weight is 393 g/mol. The number of aromatic nitrogens is 4. The van der Waals surface area contributed by atoms with Gasteiger partial charge >= 0.3 is 7.60 Å². The van der Waals surface area contributed by atoms with Crippen molar-refractivity contribution in [2.45, 2.75) is 44.9 Å². The number of nitrogens with one attached hydrogen (secondary N) is 1. The van der Waals surface area contributed by atoms with Gasteiger partial charge in [-0.2, -0.15) is 0 Å². The molecule has 1 fully saturated rings. The van der Waals surface area contributed by atoms with Crippen LogP contribution in [-0.2, 0) is 20.0 Å². The van der Waals surface area contributed by atoms with Crippen molar-refractivity contribution in [2.75, 3.05) is 26.1 Å². The van der Waals surface area contributed by atoms with E-state index in [-0.39, 0.29) is 6.16 Å². The Kier molecular flexibility index (Phi) is 6.63. The summed E-state index contributed by atoms with van der Waals surface area (Å²) in [5.41, 5.74) is 7.27. The van der Waals surface area contributed by atoms with E-state index in [0.29, 0.717) is 22.8 Å². The molecule has 2 heterocycles. The summed E-state index contributed by atoms with van der Waals surface area (Å²) < 4.78 is 21.9. The number of allylic oxidation sites excluding steroid dienone is 1. The third kappa shape index (κ3) is 5.15. The van der Waals surface area contributed by atoms with Crippen molar-refractivity contribution in [1.82, 2.24) is 19.9 Å². The van der Waals surface area contributed by atoms with E-state index >= 15 is 0 Å². The molecule has 0 bridgehead atoms. The van der Waals surface area contributed by atoms with Crippen LogP contribution in [0.15, 0.2) is 6.08 Å². The fourth-order valence-electron chi connectivity index (χ4n) is 3.50. The third-order valence-corrected chi connectivity index (χ3v) is 6.88. The van der Waals surface area contributed by atoms with Crippen LogP contribution in [0.5, 0.6) is 0 Å². The van der Waals surface area contributed by atoms with Gasteiger partial charge in [-0.25, -0.2) is 15.0 Å². The van der Waals surface area contributed by atoms with Crippen LogP contribution in [0.4, 0.5) is 5.82 Å². The molecule has 0 amide bonds. The SMILES string of the molecule is COP(=O)(CC=Cc1nc2nc(CCC3CCCCC3)nc(N)c2[nH]1)OC. The molecule has 0 unspecified atom stereocenters. The van der Waals surface area contributed by atoms with Gasteiger partial charge in [0.1, 0.15) is 17.2 Å². The largest absolute Gasteiger partial charge is 0.382 e. The molecule has 1 saturated carbocycles. The predicted octanol–water partition coefficient (Wildman–Crippen LogP) is 3.95. The normalized spacial score (nSPS) is 16.5. The van der Waals surface area contributed by atoms with Crippen LogP contribution in [0.25, 0.3) is 17.2 Å². The van der Waals surface area contributed by atoms with Crippen LogP contribution in [0.1, 0.15) is 50.2 Å². The number of rotatable bonds is 8. The lowest BCUT2D eigenvalue weighted by atomic mass is 9.86.